The van der Waals surface area contributed by atoms with Crippen LogP contribution in [-0.4, -0.2) is 5.54 Å². The molecule has 1 nitrogen and oxygen atoms in total. The van der Waals surface area contributed by atoms with Crippen LogP contribution < -0.4 is 4.72 Å². The van der Waals surface area contributed by atoms with Crippen LogP contribution in [0.4, 0.5) is 0 Å². The minimum atomic E-state index is 0.448. The highest BCUT2D eigenvalue weighted by molar-refractivity contribution is 7.78. The normalized spacial score (nSPS) is 24.9. The Morgan fingerprint density at radius 3 is 2.29 bits per heavy atom. The van der Waals surface area contributed by atoms with E-state index in [0.717, 1.165) is 0 Å². The summed E-state index contributed by atoms with van der Waals surface area (Å²) in [6.07, 6.45) is 3.84. The van der Waals surface area contributed by atoms with Crippen molar-refractivity contribution in [3.63, 3.8) is 0 Å². The topological polar surface area (TPSA) is 12.0 Å². The van der Waals surface area contributed by atoms with E-state index in [1.165, 1.54) is 19.3 Å². The van der Waals surface area contributed by atoms with Crippen molar-refractivity contribution in [1.82, 2.24) is 4.72 Å². The van der Waals surface area contributed by atoms with Gasteiger partial charge < -0.3 is 0 Å². The molecule has 1 saturated carbocycles. The standard InChI is InChI=1S/C5H11NS/c1-2-5(6-7)3-4-5/h6-7H,2-4H2,1H3. The summed E-state index contributed by atoms with van der Waals surface area (Å²) in [5.41, 5.74) is 0.448. The molecule has 0 amide bonds. The molecule has 0 aromatic heterocycles. The molecule has 1 aliphatic rings. The quantitative estimate of drug-likeness (QED) is 0.520. The van der Waals surface area contributed by atoms with Crippen molar-refractivity contribution in [2.24, 2.45) is 0 Å². The second-order valence-corrected chi connectivity index (χ2v) is 2.47. The predicted molar refractivity (Wildman–Crippen MR) is 34.4 cm³/mol. The van der Waals surface area contributed by atoms with Gasteiger partial charge in [0.1, 0.15) is 0 Å². The minimum Gasteiger partial charge on any atom is -0.261 e. The molecule has 0 spiro atoms. The fourth-order valence-corrected chi connectivity index (χ4v) is 1.08. The van der Waals surface area contributed by atoms with E-state index < -0.39 is 0 Å². The Balaban J connectivity index is 2.28. The summed E-state index contributed by atoms with van der Waals surface area (Å²) < 4.78 is 3.00. The average Bonchev–Trinajstić information content (AvgIpc) is 2.46. The molecule has 0 saturated heterocycles. The van der Waals surface area contributed by atoms with Crippen molar-refractivity contribution in [2.45, 2.75) is 31.7 Å². The van der Waals surface area contributed by atoms with Crippen LogP contribution in [0.2, 0.25) is 0 Å². The summed E-state index contributed by atoms with van der Waals surface area (Å²) in [5.74, 6) is 0. The third kappa shape index (κ3) is 0.916. The van der Waals surface area contributed by atoms with Gasteiger partial charge in [0.05, 0.1) is 0 Å². The van der Waals surface area contributed by atoms with E-state index in [4.69, 9.17) is 0 Å². The molecule has 1 rings (SSSR count). The Labute approximate surface area is 50.0 Å². The highest BCUT2D eigenvalue weighted by Crippen LogP contribution is 2.38. The summed E-state index contributed by atoms with van der Waals surface area (Å²) >= 11 is 3.99. The molecule has 42 valence electrons. The van der Waals surface area contributed by atoms with E-state index in [2.05, 4.69) is 24.5 Å². The van der Waals surface area contributed by atoms with Crippen LogP contribution in [0.1, 0.15) is 26.2 Å². The Hall–Kier alpha value is 0.310. The lowest BCUT2D eigenvalue weighted by Gasteiger charge is -2.06. The van der Waals surface area contributed by atoms with E-state index in [9.17, 15) is 0 Å². The maximum atomic E-state index is 3.99. The average molecular weight is 117 g/mol. The van der Waals surface area contributed by atoms with Crippen LogP contribution in [0.3, 0.4) is 0 Å². The zero-order valence-corrected chi connectivity index (χ0v) is 5.46. The van der Waals surface area contributed by atoms with Crippen molar-refractivity contribution in [1.29, 1.82) is 0 Å². The highest BCUT2D eigenvalue weighted by Gasteiger charge is 2.39. The molecule has 0 aromatic rings. The second kappa shape index (κ2) is 1.67. The van der Waals surface area contributed by atoms with Gasteiger partial charge in [0.25, 0.3) is 0 Å². The first kappa shape index (κ1) is 5.45. The van der Waals surface area contributed by atoms with Crippen LogP contribution >= 0.6 is 12.8 Å². The van der Waals surface area contributed by atoms with Crippen LogP contribution in [0.25, 0.3) is 0 Å². The lowest BCUT2D eigenvalue weighted by molar-refractivity contribution is 0.608. The number of nitrogens with one attached hydrogen (secondary N) is 1. The van der Waals surface area contributed by atoms with Crippen LogP contribution in [-0.2, 0) is 0 Å². The maximum Gasteiger partial charge on any atom is 0.0279 e. The molecule has 1 aliphatic carbocycles. The van der Waals surface area contributed by atoms with Gasteiger partial charge in [0.15, 0.2) is 0 Å². The van der Waals surface area contributed by atoms with Crippen LogP contribution in [0.15, 0.2) is 0 Å². The van der Waals surface area contributed by atoms with Crippen molar-refractivity contribution in [2.75, 3.05) is 0 Å². The fourth-order valence-electron chi connectivity index (χ4n) is 0.695. The summed E-state index contributed by atoms with van der Waals surface area (Å²) in [7, 11) is 0. The van der Waals surface area contributed by atoms with Crippen LogP contribution in [0, 0.1) is 0 Å². The molecular formula is C5H11NS. The second-order valence-electron chi connectivity index (χ2n) is 2.25. The Kier molecular flexibility index (Phi) is 1.30. The van der Waals surface area contributed by atoms with Gasteiger partial charge in [-0.25, -0.2) is 0 Å². The smallest absolute Gasteiger partial charge is 0.0279 e. The van der Waals surface area contributed by atoms with E-state index in [-0.39, 0.29) is 0 Å². The zero-order valence-electron chi connectivity index (χ0n) is 4.57. The lowest BCUT2D eigenvalue weighted by atomic mass is 10.2. The van der Waals surface area contributed by atoms with Crippen LogP contribution in [0.5, 0.6) is 0 Å². The highest BCUT2D eigenvalue weighted by atomic mass is 32.1. The molecule has 0 aliphatic heterocycles. The van der Waals surface area contributed by atoms with Gasteiger partial charge in [0.2, 0.25) is 0 Å². The van der Waals surface area contributed by atoms with Crippen molar-refractivity contribution < 1.29 is 0 Å². The molecule has 1 N–H and O–H groups in total. The van der Waals surface area contributed by atoms with Gasteiger partial charge in [-0.3, -0.25) is 4.72 Å². The van der Waals surface area contributed by atoms with E-state index in [0.29, 0.717) is 5.54 Å². The lowest BCUT2D eigenvalue weighted by Crippen LogP contribution is -2.20. The van der Waals surface area contributed by atoms with Crippen molar-refractivity contribution in [3.05, 3.63) is 0 Å². The minimum absolute atomic E-state index is 0.448. The first-order valence-corrected chi connectivity index (χ1v) is 3.19. The molecule has 0 heterocycles. The summed E-state index contributed by atoms with van der Waals surface area (Å²) in [5, 5.41) is 0. The summed E-state index contributed by atoms with van der Waals surface area (Å²) in [6.45, 7) is 2.19. The molecule has 1 fully saturated rings. The molecule has 0 unspecified atom stereocenters. The number of hydrogen-bond acceptors (Lipinski definition) is 2. The third-order valence-electron chi connectivity index (χ3n) is 1.77. The Bertz CT molecular complexity index is 62.5. The molecule has 0 bridgehead atoms. The fraction of sp³-hybridized carbons (Fsp3) is 1.00. The molecular weight excluding hydrogens is 106 g/mol. The SMILES string of the molecule is CCC1(NS)CC1. The first-order valence-electron chi connectivity index (χ1n) is 2.74. The molecule has 7 heavy (non-hydrogen) atoms. The van der Waals surface area contributed by atoms with Gasteiger partial charge in [-0.1, -0.05) is 19.7 Å². The monoisotopic (exact) mass is 117 g/mol. The molecule has 0 radical (unpaired) electrons. The van der Waals surface area contributed by atoms with E-state index in [1.54, 1.807) is 0 Å². The molecule has 0 aromatic carbocycles. The maximum absolute atomic E-state index is 3.99. The van der Waals surface area contributed by atoms with Gasteiger partial charge >= 0.3 is 0 Å². The summed E-state index contributed by atoms with van der Waals surface area (Å²) in [4.78, 5) is 0. The van der Waals surface area contributed by atoms with Gasteiger partial charge in [-0.2, -0.15) is 0 Å². The Morgan fingerprint density at radius 2 is 2.29 bits per heavy atom. The van der Waals surface area contributed by atoms with Crippen molar-refractivity contribution >= 4 is 12.8 Å². The number of rotatable bonds is 2. The van der Waals surface area contributed by atoms with E-state index in [1.807, 2.05) is 0 Å². The van der Waals surface area contributed by atoms with E-state index >= 15 is 0 Å². The first-order chi connectivity index (χ1) is 3.33. The molecule has 2 heteroatoms. The largest absolute Gasteiger partial charge is 0.261 e. The molecule has 0 atom stereocenters. The van der Waals surface area contributed by atoms with Gasteiger partial charge in [-0.15, -0.1) is 0 Å². The third-order valence-corrected chi connectivity index (χ3v) is 2.24. The summed E-state index contributed by atoms with van der Waals surface area (Å²) in [6, 6.07) is 0. The predicted octanol–water partition coefficient (Wildman–Crippen LogP) is 1.36. The number of hydrogen-bond donors (Lipinski definition) is 2. The van der Waals surface area contributed by atoms with Gasteiger partial charge in [0, 0.05) is 5.54 Å². The van der Waals surface area contributed by atoms with Gasteiger partial charge in [-0.05, 0) is 19.3 Å². The zero-order chi connectivity index (χ0) is 5.33. The Morgan fingerprint density at radius 1 is 1.71 bits per heavy atom. The number of thiol groups is 1. The van der Waals surface area contributed by atoms with Crippen molar-refractivity contribution in [3.8, 4) is 0 Å².